The average Bonchev–Trinajstić information content (AvgIpc) is 2.18. The standard InChI is InChI=1S/C12H27NO2S/c1-6-12(7-2,8-3)10-13-11(4)9-16(5,14)15/h11,13H,6-10H2,1-5H3. The van der Waals surface area contributed by atoms with E-state index in [1.807, 2.05) is 6.92 Å². The minimum absolute atomic E-state index is 0.0408. The Bertz CT molecular complexity index is 273. The van der Waals surface area contributed by atoms with Gasteiger partial charge in [0.05, 0.1) is 5.75 Å². The molecule has 3 nitrogen and oxygen atoms in total. The van der Waals surface area contributed by atoms with E-state index in [-0.39, 0.29) is 11.8 Å². The monoisotopic (exact) mass is 249 g/mol. The second-order valence-electron chi connectivity index (χ2n) is 4.94. The number of sulfone groups is 1. The van der Waals surface area contributed by atoms with Crippen LogP contribution in [0.25, 0.3) is 0 Å². The fraction of sp³-hybridized carbons (Fsp3) is 1.00. The van der Waals surface area contributed by atoms with E-state index in [1.165, 1.54) is 6.26 Å². The van der Waals surface area contributed by atoms with Gasteiger partial charge >= 0.3 is 0 Å². The summed E-state index contributed by atoms with van der Waals surface area (Å²) in [7, 11) is -2.87. The maximum atomic E-state index is 11.1. The first kappa shape index (κ1) is 15.9. The Morgan fingerprint density at radius 1 is 1.12 bits per heavy atom. The van der Waals surface area contributed by atoms with E-state index >= 15 is 0 Å². The van der Waals surface area contributed by atoms with Gasteiger partial charge in [-0.1, -0.05) is 20.8 Å². The molecule has 0 saturated heterocycles. The lowest BCUT2D eigenvalue weighted by atomic mass is 9.79. The van der Waals surface area contributed by atoms with Crippen LogP contribution in [0.1, 0.15) is 47.0 Å². The van der Waals surface area contributed by atoms with Crippen LogP contribution in [0.2, 0.25) is 0 Å². The van der Waals surface area contributed by atoms with Crippen molar-refractivity contribution in [2.75, 3.05) is 18.6 Å². The van der Waals surface area contributed by atoms with Gasteiger partial charge in [-0.3, -0.25) is 0 Å². The minimum atomic E-state index is -2.87. The summed E-state index contributed by atoms with van der Waals surface area (Å²) in [5.74, 6) is 0.222. The van der Waals surface area contributed by atoms with Crippen molar-refractivity contribution in [1.82, 2.24) is 5.32 Å². The molecule has 1 N–H and O–H groups in total. The molecule has 0 amide bonds. The summed E-state index contributed by atoms with van der Waals surface area (Å²) < 4.78 is 22.3. The van der Waals surface area contributed by atoms with Crippen molar-refractivity contribution in [3.63, 3.8) is 0 Å². The van der Waals surface area contributed by atoms with Crippen LogP contribution in [0.3, 0.4) is 0 Å². The van der Waals surface area contributed by atoms with Gasteiger partial charge in [-0.2, -0.15) is 0 Å². The maximum Gasteiger partial charge on any atom is 0.148 e. The van der Waals surface area contributed by atoms with Gasteiger partial charge in [0.25, 0.3) is 0 Å². The first-order valence-electron chi connectivity index (χ1n) is 6.19. The van der Waals surface area contributed by atoms with Gasteiger partial charge in [0.1, 0.15) is 9.84 Å². The summed E-state index contributed by atoms with van der Waals surface area (Å²) in [6.07, 6.45) is 4.70. The molecule has 98 valence electrons. The van der Waals surface area contributed by atoms with Crippen LogP contribution < -0.4 is 5.32 Å². The first-order chi connectivity index (χ1) is 7.28. The van der Waals surface area contributed by atoms with Gasteiger partial charge in [-0.05, 0) is 31.6 Å². The third-order valence-electron chi connectivity index (χ3n) is 3.63. The summed E-state index contributed by atoms with van der Waals surface area (Å²) in [6, 6.07) is 0.0408. The summed E-state index contributed by atoms with van der Waals surface area (Å²) >= 11 is 0. The van der Waals surface area contributed by atoms with Crippen molar-refractivity contribution >= 4 is 9.84 Å². The summed E-state index contributed by atoms with van der Waals surface area (Å²) in [4.78, 5) is 0. The molecule has 16 heavy (non-hydrogen) atoms. The van der Waals surface area contributed by atoms with Crippen molar-refractivity contribution in [3.05, 3.63) is 0 Å². The molecule has 0 aromatic rings. The Morgan fingerprint density at radius 2 is 1.56 bits per heavy atom. The summed E-state index contributed by atoms with van der Waals surface area (Å²) in [6.45, 7) is 9.46. The van der Waals surface area contributed by atoms with E-state index in [2.05, 4.69) is 26.1 Å². The summed E-state index contributed by atoms with van der Waals surface area (Å²) in [5, 5.41) is 3.35. The van der Waals surface area contributed by atoms with E-state index in [1.54, 1.807) is 0 Å². The zero-order valence-corrected chi connectivity index (χ0v) is 12.2. The van der Waals surface area contributed by atoms with Crippen molar-refractivity contribution in [2.45, 2.75) is 53.0 Å². The second kappa shape index (κ2) is 6.60. The number of hydrogen-bond donors (Lipinski definition) is 1. The van der Waals surface area contributed by atoms with Crippen molar-refractivity contribution < 1.29 is 8.42 Å². The molecule has 1 atom stereocenters. The second-order valence-corrected chi connectivity index (χ2v) is 7.12. The molecule has 0 aromatic carbocycles. The number of nitrogens with one attached hydrogen (secondary N) is 1. The zero-order valence-electron chi connectivity index (χ0n) is 11.3. The van der Waals surface area contributed by atoms with E-state index in [9.17, 15) is 8.42 Å². The van der Waals surface area contributed by atoms with Crippen LogP contribution in [0.4, 0.5) is 0 Å². The summed E-state index contributed by atoms with van der Waals surface area (Å²) in [5.41, 5.74) is 0.325. The van der Waals surface area contributed by atoms with Crippen molar-refractivity contribution in [2.24, 2.45) is 5.41 Å². The topological polar surface area (TPSA) is 46.2 Å². The lowest BCUT2D eigenvalue weighted by Crippen LogP contribution is -2.40. The van der Waals surface area contributed by atoms with Gasteiger partial charge in [-0.15, -0.1) is 0 Å². The Kier molecular flexibility index (Phi) is 6.56. The SMILES string of the molecule is CCC(CC)(CC)CNC(C)CS(C)(=O)=O. The molecule has 0 saturated carbocycles. The van der Waals surface area contributed by atoms with Crippen molar-refractivity contribution in [1.29, 1.82) is 0 Å². The molecule has 0 aliphatic carbocycles. The molecule has 4 heteroatoms. The largest absolute Gasteiger partial charge is 0.313 e. The molecule has 0 aliphatic heterocycles. The third-order valence-corrected chi connectivity index (χ3v) is 4.73. The molecular formula is C12H27NO2S. The van der Waals surface area contributed by atoms with E-state index < -0.39 is 9.84 Å². The fourth-order valence-electron chi connectivity index (χ4n) is 2.03. The molecule has 0 heterocycles. The van der Waals surface area contributed by atoms with Crippen LogP contribution in [0.15, 0.2) is 0 Å². The molecule has 0 fully saturated rings. The fourth-order valence-corrected chi connectivity index (χ4v) is 3.05. The molecular weight excluding hydrogens is 222 g/mol. The Morgan fingerprint density at radius 3 is 1.88 bits per heavy atom. The highest BCUT2D eigenvalue weighted by Crippen LogP contribution is 2.29. The molecule has 0 radical (unpaired) electrons. The molecule has 0 rings (SSSR count). The highest BCUT2D eigenvalue weighted by molar-refractivity contribution is 7.90. The predicted molar refractivity (Wildman–Crippen MR) is 70.5 cm³/mol. The lowest BCUT2D eigenvalue weighted by Gasteiger charge is -2.32. The molecule has 0 spiro atoms. The number of hydrogen-bond acceptors (Lipinski definition) is 3. The smallest absolute Gasteiger partial charge is 0.148 e. The first-order valence-corrected chi connectivity index (χ1v) is 8.25. The molecule has 0 aromatic heterocycles. The van der Waals surface area contributed by atoms with Crippen LogP contribution in [0, 0.1) is 5.41 Å². The highest BCUT2D eigenvalue weighted by atomic mass is 32.2. The van der Waals surface area contributed by atoms with E-state index in [4.69, 9.17) is 0 Å². The van der Waals surface area contributed by atoms with Gasteiger partial charge in [0, 0.05) is 18.8 Å². The number of rotatable bonds is 8. The Labute approximate surface area is 101 Å². The van der Waals surface area contributed by atoms with E-state index in [0.717, 1.165) is 25.8 Å². The lowest BCUT2D eigenvalue weighted by molar-refractivity contribution is 0.232. The third kappa shape index (κ3) is 5.85. The Hall–Kier alpha value is -0.0900. The quantitative estimate of drug-likeness (QED) is 0.717. The Balaban J connectivity index is 4.21. The molecule has 1 unspecified atom stereocenters. The van der Waals surface area contributed by atoms with Crippen LogP contribution in [-0.4, -0.2) is 33.0 Å². The molecule has 0 bridgehead atoms. The highest BCUT2D eigenvalue weighted by Gasteiger charge is 2.24. The van der Waals surface area contributed by atoms with Crippen LogP contribution in [0.5, 0.6) is 0 Å². The van der Waals surface area contributed by atoms with Gasteiger partial charge in [0.2, 0.25) is 0 Å². The molecule has 0 aliphatic rings. The van der Waals surface area contributed by atoms with Gasteiger partial charge in [0.15, 0.2) is 0 Å². The zero-order chi connectivity index (χ0) is 12.8. The van der Waals surface area contributed by atoms with Crippen molar-refractivity contribution in [3.8, 4) is 0 Å². The minimum Gasteiger partial charge on any atom is -0.313 e. The van der Waals surface area contributed by atoms with Gasteiger partial charge in [-0.25, -0.2) is 8.42 Å². The maximum absolute atomic E-state index is 11.1. The van der Waals surface area contributed by atoms with Crippen LogP contribution in [-0.2, 0) is 9.84 Å². The average molecular weight is 249 g/mol. The van der Waals surface area contributed by atoms with E-state index in [0.29, 0.717) is 5.41 Å². The van der Waals surface area contributed by atoms with Crippen LogP contribution >= 0.6 is 0 Å². The van der Waals surface area contributed by atoms with Gasteiger partial charge < -0.3 is 5.32 Å². The normalized spacial score (nSPS) is 15.1. The predicted octanol–water partition coefficient (Wildman–Crippen LogP) is 2.23.